The number of aromatic nitrogens is 3. The second-order valence-electron chi connectivity index (χ2n) is 3.91. The molecule has 2 heterocycles. The van der Waals surface area contributed by atoms with Crippen molar-refractivity contribution in [2.75, 3.05) is 0 Å². The first-order valence-electron chi connectivity index (χ1n) is 5.25. The molecule has 0 saturated heterocycles. The van der Waals surface area contributed by atoms with E-state index in [0.29, 0.717) is 6.42 Å². The molecule has 2 aromatic rings. The predicted molar refractivity (Wildman–Crippen MR) is 60.8 cm³/mol. The zero-order valence-electron chi connectivity index (χ0n) is 9.46. The van der Waals surface area contributed by atoms with E-state index in [4.69, 9.17) is 0 Å². The van der Waals surface area contributed by atoms with E-state index in [1.54, 1.807) is 10.9 Å². The molecule has 0 saturated carbocycles. The molecule has 0 aliphatic heterocycles. The molecular formula is C12H15N3O. The molecule has 16 heavy (non-hydrogen) atoms. The molecular weight excluding hydrogens is 202 g/mol. The van der Waals surface area contributed by atoms with Gasteiger partial charge in [-0.2, -0.15) is 5.10 Å². The van der Waals surface area contributed by atoms with Crippen LogP contribution in [0.1, 0.15) is 23.1 Å². The van der Waals surface area contributed by atoms with Crippen molar-refractivity contribution < 1.29 is 5.11 Å². The predicted octanol–water partition coefficient (Wildman–Crippen LogP) is 1.40. The van der Waals surface area contributed by atoms with Crippen LogP contribution in [0.5, 0.6) is 0 Å². The van der Waals surface area contributed by atoms with Crippen molar-refractivity contribution in [1.82, 2.24) is 14.8 Å². The lowest BCUT2D eigenvalue weighted by Crippen LogP contribution is -2.06. The Morgan fingerprint density at radius 1 is 1.44 bits per heavy atom. The summed E-state index contributed by atoms with van der Waals surface area (Å²) >= 11 is 0. The van der Waals surface area contributed by atoms with Crippen LogP contribution in [-0.4, -0.2) is 19.9 Å². The van der Waals surface area contributed by atoms with Crippen LogP contribution in [0.25, 0.3) is 0 Å². The third-order valence-corrected chi connectivity index (χ3v) is 2.54. The van der Waals surface area contributed by atoms with Gasteiger partial charge in [0.15, 0.2) is 0 Å². The fraction of sp³-hybridized carbons (Fsp3) is 0.333. The van der Waals surface area contributed by atoms with Gasteiger partial charge in [-0.1, -0.05) is 6.07 Å². The number of rotatable bonds is 3. The topological polar surface area (TPSA) is 50.9 Å². The zero-order chi connectivity index (χ0) is 11.5. The first kappa shape index (κ1) is 10.8. The SMILES string of the molecule is Cc1cccnc1C(O)Cc1ccn(C)n1. The Bertz CT molecular complexity index is 479. The van der Waals surface area contributed by atoms with E-state index in [1.165, 1.54) is 0 Å². The highest BCUT2D eigenvalue weighted by Gasteiger charge is 2.13. The third-order valence-electron chi connectivity index (χ3n) is 2.54. The summed E-state index contributed by atoms with van der Waals surface area (Å²) in [6.07, 6.45) is 3.48. The molecule has 1 unspecified atom stereocenters. The lowest BCUT2D eigenvalue weighted by Gasteiger charge is -2.10. The van der Waals surface area contributed by atoms with E-state index in [9.17, 15) is 5.11 Å². The summed E-state index contributed by atoms with van der Waals surface area (Å²) in [6.45, 7) is 1.95. The molecule has 0 aliphatic carbocycles. The molecule has 0 aliphatic rings. The van der Waals surface area contributed by atoms with Gasteiger partial charge < -0.3 is 5.11 Å². The minimum absolute atomic E-state index is 0.499. The van der Waals surface area contributed by atoms with E-state index in [-0.39, 0.29) is 0 Å². The van der Waals surface area contributed by atoms with Gasteiger partial charge in [-0.3, -0.25) is 9.67 Å². The monoisotopic (exact) mass is 217 g/mol. The van der Waals surface area contributed by atoms with Crippen LogP contribution in [-0.2, 0) is 13.5 Å². The first-order chi connectivity index (χ1) is 7.66. The highest BCUT2D eigenvalue weighted by molar-refractivity contribution is 5.21. The van der Waals surface area contributed by atoms with E-state index < -0.39 is 6.10 Å². The minimum atomic E-state index is -0.587. The molecule has 0 radical (unpaired) electrons. The van der Waals surface area contributed by atoms with Gasteiger partial charge in [0.05, 0.1) is 11.4 Å². The van der Waals surface area contributed by atoms with Crippen LogP contribution >= 0.6 is 0 Å². The van der Waals surface area contributed by atoms with Crippen LogP contribution in [0.2, 0.25) is 0 Å². The van der Waals surface area contributed by atoms with Gasteiger partial charge in [-0.25, -0.2) is 0 Å². The summed E-state index contributed by atoms with van der Waals surface area (Å²) < 4.78 is 1.73. The maximum Gasteiger partial charge on any atom is 0.102 e. The van der Waals surface area contributed by atoms with Gasteiger partial charge >= 0.3 is 0 Å². The first-order valence-corrected chi connectivity index (χ1v) is 5.25. The van der Waals surface area contributed by atoms with Gasteiger partial charge in [-0.15, -0.1) is 0 Å². The molecule has 2 aromatic heterocycles. The van der Waals surface area contributed by atoms with Gasteiger partial charge in [-0.05, 0) is 24.6 Å². The quantitative estimate of drug-likeness (QED) is 0.845. The maximum atomic E-state index is 10.1. The van der Waals surface area contributed by atoms with Crippen molar-refractivity contribution in [3.63, 3.8) is 0 Å². The molecule has 4 heteroatoms. The number of pyridine rings is 1. The maximum absolute atomic E-state index is 10.1. The van der Waals surface area contributed by atoms with Crippen molar-refractivity contribution in [3.05, 3.63) is 47.5 Å². The Morgan fingerprint density at radius 3 is 2.88 bits per heavy atom. The Kier molecular flexibility index (Phi) is 3.01. The van der Waals surface area contributed by atoms with Crippen molar-refractivity contribution in [2.45, 2.75) is 19.4 Å². The third kappa shape index (κ3) is 2.28. The van der Waals surface area contributed by atoms with Crippen LogP contribution in [0.15, 0.2) is 30.6 Å². The highest BCUT2D eigenvalue weighted by Crippen LogP contribution is 2.18. The number of aryl methyl sites for hydroxylation is 2. The standard InChI is InChI=1S/C12H15N3O/c1-9-4-3-6-13-12(9)11(16)8-10-5-7-15(2)14-10/h3-7,11,16H,8H2,1-2H3. The summed E-state index contributed by atoms with van der Waals surface area (Å²) in [5, 5.41) is 14.3. The lowest BCUT2D eigenvalue weighted by molar-refractivity contribution is 0.171. The van der Waals surface area contributed by atoms with Crippen LogP contribution in [0.4, 0.5) is 0 Å². The van der Waals surface area contributed by atoms with Crippen LogP contribution < -0.4 is 0 Å². The number of nitrogens with zero attached hydrogens (tertiary/aromatic N) is 3. The molecule has 4 nitrogen and oxygen atoms in total. The molecule has 0 amide bonds. The largest absolute Gasteiger partial charge is 0.386 e. The molecule has 0 fully saturated rings. The molecule has 2 rings (SSSR count). The van der Waals surface area contributed by atoms with E-state index in [1.807, 2.05) is 38.4 Å². The number of hydrogen-bond donors (Lipinski definition) is 1. The molecule has 0 spiro atoms. The summed E-state index contributed by atoms with van der Waals surface area (Å²) in [5.74, 6) is 0. The number of aliphatic hydroxyl groups excluding tert-OH is 1. The molecule has 0 bridgehead atoms. The summed E-state index contributed by atoms with van der Waals surface area (Å²) in [5.41, 5.74) is 2.61. The summed E-state index contributed by atoms with van der Waals surface area (Å²) in [7, 11) is 1.86. The van der Waals surface area contributed by atoms with E-state index in [2.05, 4.69) is 10.1 Å². The highest BCUT2D eigenvalue weighted by atomic mass is 16.3. The van der Waals surface area contributed by atoms with Crippen molar-refractivity contribution >= 4 is 0 Å². The van der Waals surface area contributed by atoms with Gasteiger partial charge in [0.1, 0.15) is 6.10 Å². The zero-order valence-corrected chi connectivity index (χ0v) is 9.46. The average Bonchev–Trinajstić information content (AvgIpc) is 2.64. The smallest absolute Gasteiger partial charge is 0.102 e. The van der Waals surface area contributed by atoms with Crippen molar-refractivity contribution in [3.8, 4) is 0 Å². The number of hydrogen-bond acceptors (Lipinski definition) is 3. The normalized spacial score (nSPS) is 12.7. The van der Waals surface area contributed by atoms with E-state index >= 15 is 0 Å². The van der Waals surface area contributed by atoms with Gasteiger partial charge in [0.2, 0.25) is 0 Å². The second-order valence-corrected chi connectivity index (χ2v) is 3.91. The lowest BCUT2D eigenvalue weighted by atomic mass is 10.1. The number of aliphatic hydroxyl groups is 1. The summed E-state index contributed by atoms with van der Waals surface area (Å²) in [6, 6.07) is 5.72. The van der Waals surface area contributed by atoms with Gasteiger partial charge in [0.25, 0.3) is 0 Å². The van der Waals surface area contributed by atoms with Crippen LogP contribution in [0, 0.1) is 6.92 Å². The Labute approximate surface area is 94.6 Å². The second kappa shape index (κ2) is 4.45. The average molecular weight is 217 g/mol. The van der Waals surface area contributed by atoms with Crippen LogP contribution in [0.3, 0.4) is 0 Å². The Morgan fingerprint density at radius 2 is 2.25 bits per heavy atom. The van der Waals surface area contributed by atoms with E-state index in [0.717, 1.165) is 17.0 Å². The molecule has 0 aromatic carbocycles. The fourth-order valence-electron chi connectivity index (χ4n) is 1.71. The minimum Gasteiger partial charge on any atom is -0.386 e. The van der Waals surface area contributed by atoms with Gasteiger partial charge in [0, 0.05) is 25.9 Å². The molecule has 1 atom stereocenters. The molecule has 1 N–H and O–H groups in total. The Balaban J connectivity index is 2.14. The molecule has 84 valence electrons. The Hall–Kier alpha value is -1.68. The summed E-state index contributed by atoms with van der Waals surface area (Å²) in [4.78, 5) is 4.20. The fourth-order valence-corrected chi connectivity index (χ4v) is 1.71. The van der Waals surface area contributed by atoms with Crippen molar-refractivity contribution in [2.24, 2.45) is 7.05 Å². The van der Waals surface area contributed by atoms with Crippen molar-refractivity contribution in [1.29, 1.82) is 0 Å².